The molecule has 5 rings (SSSR count). The van der Waals surface area contributed by atoms with Crippen LogP contribution in [0.2, 0.25) is 0 Å². The van der Waals surface area contributed by atoms with E-state index in [9.17, 15) is 8.78 Å². The summed E-state index contributed by atoms with van der Waals surface area (Å²) in [4.78, 5) is 17.8. The van der Waals surface area contributed by atoms with Gasteiger partial charge in [0.1, 0.15) is 12.1 Å². The number of piperazine rings is 1. The number of benzene rings is 1. The molecule has 9 nitrogen and oxygen atoms in total. The summed E-state index contributed by atoms with van der Waals surface area (Å²) in [6.07, 6.45) is 3.02. The lowest BCUT2D eigenvalue weighted by atomic mass is 10.2. The first-order valence-corrected chi connectivity index (χ1v) is 10.8. The van der Waals surface area contributed by atoms with Crippen LogP contribution >= 0.6 is 0 Å². The number of pyridine rings is 1. The molecule has 176 valence electrons. The first-order valence-electron chi connectivity index (χ1n) is 10.8. The Morgan fingerprint density at radius 1 is 1.09 bits per heavy atom. The number of fused-ring (bicyclic) bond motifs is 1. The standard InChI is InChI=1S/C23H23F2N7O2/c1-13-9-15-19(25)17(10-16(24)20(15)30-13)34-23-21(33-2)22(28-12-29-23)31-18-4-3-14(11-27-18)32-7-5-26-6-8-32/h3-4,9-12,26,30H,5-8H2,1-2H3,(H,27,28,29,31). The van der Waals surface area contributed by atoms with Crippen LogP contribution in [-0.4, -0.2) is 53.2 Å². The molecule has 3 N–H and O–H groups in total. The van der Waals surface area contributed by atoms with Gasteiger partial charge in [-0.25, -0.2) is 18.7 Å². The molecule has 34 heavy (non-hydrogen) atoms. The maximum absolute atomic E-state index is 15.0. The highest BCUT2D eigenvalue weighted by atomic mass is 19.1. The van der Waals surface area contributed by atoms with Crippen LogP contribution in [0.5, 0.6) is 17.4 Å². The number of aryl methyl sites for hydroxylation is 1. The lowest BCUT2D eigenvalue weighted by molar-refractivity contribution is 0.360. The third-order valence-electron chi connectivity index (χ3n) is 5.56. The summed E-state index contributed by atoms with van der Waals surface area (Å²) in [7, 11) is 1.41. The van der Waals surface area contributed by atoms with E-state index in [0.29, 0.717) is 11.5 Å². The lowest BCUT2D eigenvalue weighted by Gasteiger charge is -2.29. The van der Waals surface area contributed by atoms with E-state index >= 15 is 0 Å². The molecule has 3 aromatic heterocycles. The van der Waals surface area contributed by atoms with Crippen molar-refractivity contribution < 1.29 is 18.3 Å². The number of nitrogens with one attached hydrogen (secondary N) is 3. The Hall–Kier alpha value is -3.99. The zero-order valence-corrected chi connectivity index (χ0v) is 18.7. The SMILES string of the molecule is COc1c(Nc2ccc(N3CCNCC3)cn2)ncnc1Oc1cc(F)c2[nH]c(C)cc2c1F. The fourth-order valence-corrected chi connectivity index (χ4v) is 3.91. The number of hydrogen-bond donors (Lipinski definition) is 3. The molecule has 1 aromatic carbocycles. The molecule has 0 radical (unpaired) electrons. The van der Waals surface area contributed by atoms with E-state index in [-0.39, 0.29) is 34.1 Å². The molecule has 1 aliphatic heterocycles. The molecule has 11 heteroatoms. The Labute approximate surface area is 194 Å². The minimum Gasteiger partial charge on any atom is -0.489 e. The van der Waals surface area contributed by atoms with Crippen molar-refractivity contribution in [1.29, 1.82) is 0 Å². The molecule has 1 aliphatic rings. The average molecular weight is 467 g/mol. The van der Waals surface area contributed by atoms with Crippen molar-refractivity contribution in [2.75, 3.05) is 43.5 Å². The minimum absolute atomic E-state index is 0.0673. The number of nitrogens with zero attached hydrogens (tertiary/aromatic N) is 4. The Morgan fingerprint density at radius 2 is 1.91 bits per heavy atom. The van der Waals surface area contributed by atoms with Gasteiger partial charge in [-0.3, -0.25) is 0 Å². The summed E-state index contributed by atoms with van der Waals surface area (Å²) < 4.78 is 40.5. The molecule has 4 aromatic rings. The predicted octanol–water partition coefficient (Wildman–Crippen LogP) is 3.89. The first-order chi connectivity index (χ1) is 16.5. The van der Waals surface area contributed by atoms with Gasteiger partial charge in [0.2, 0.25) is 5.75 Å². The maximum Gasteiger partial charge on any atom is 0.268 e. The zero-order chi connectivity index (χ0) is 23.7. The summed E-state index contributed by atoms with van der Waals surface area (Å²) in [6, 6.07) is 6.29. The fraction of sp³-hybridized carbons (Fsp3) is 0.261. The number of H-pyrrole nitrogens is 1. The molecule has 4 heterocycles. The van der Waals surface area contributed by atoms with E-state index in [1.807, 2.05) is 12.1 Å². The van der Waals surface area contributed by atoms with E-state index in [0.717, 1.165) is 37.9 Å². The molecule has 0 saturated carbocycles. The second kappa shape index (κ2) is 9.10. The van der Waals surface area contributed by atoms with Crippen molar-refractivity contribution in [2.24, 2.45) is 0 Å². The van der Waals surface area contributed by atoms with Gasteiger partial charge in [0.15, 0.2) is 23.2 Å². The first kappa shape index (κ1) is 21.8. The third kappa shape index (κ3) is 4.17. The van der Waals surface area contributed by atoms with Gasteiger partial charge in [-0.2, -0.15) is 4.98 Å². The van der Waals surface area contributed by atoms with Crippen molar-refractivity contribution in [3.8, 4) is 17.4 Å². The van der Waals surface area contributed by atoms with Gasteiger partial charge >= 0.3 is 0 Å². The third-order valence-corrected chi connectivity index (χ3v) is 5.56. The Kier molecular flexibility index (Phi) is 5.84. The van der Waals surface area contributed by atoms with E-state index < -0.39 is 11.6 Å². The molecule has 0 bridgehead atoms. The Bertz CT molecular complexity index is 1320. The number of aromatic amines is 1. The summed E-state index contributed by atoms with van der Waals surface area (Å²) in [5.41, 5.74) is 1.74. The average Bonchev–Trinajstić information content (AvgIpc) is 3.26. The fourth-order valence-electron chi connectivity index (χ4n) is 3.91. The minimum atomic E-state index is -0.707. The molecular weight excluding hydrogens is 444 g/mol. The Morgan fingerprint density at radius 3 is 2.65 bits per heavy atom. The van der Waals surface area contributed by atoms with Crippen LogP contribution in [-0.2, 0) is 0 Å². The number of aromatic nitrogens is 4. The summed E-state index contributed by atoms with van der Waals surface area (Å²) in [5, 5.41) is 6.48. The number of methoxy groups -OCH3 is 1. The maximum atomic E-state index is 15.0. The van der Waals surface area contributed by atoms with Gasteiger partial charge < -0.3 is 30.0 Å². The summed E-state index contributed by atoms with van der Waals surface area (Å²) in [6.45, 7) is 5.42. The van der Waals surface area contributed by atoms with Crippen LogP contribution in [0.25, 0.3) is 10.9 Å². The van der Waals surface area contributed by atoms with Crippen molar-refractivity contribution in [1.82, 2.24) is 25.3 Å². The quantitative estimate of drug-likeness (QED) is 0.393. The second-order valence-electron chi connectivity index (χ2n) is 7.84. The van der Waals surface area contributed by atoms with Gasteiger partial charge in [0.25, 0.3) is 5.88 Å². The van der Waals surface area contributed by atoms with Crippen molar-refractivity contribution in [2.45, 2.75) is 6.92 Å². The van der Waals surface area contributed by atoms with Gasteiger partial charge in [-0.1, -0.05) is 0 Å². The molecule has 1 fully saturated rings. The van der Waals surface area contributed by atoms with Crippen molar-refractivity contribution in [3.05, 3.63) is 54.1 Å². The van der Waals surface area contributed by atoms with Crippen LogP contribution in [0.3, 0.4) is 0 Å². The molecule has 0 unspecified atom stereocenters. The van der Waals surface area contributed by atoms with Crippen molar-refractivity contribution in [3.63, 3.8) is 0 Å². The van der Waals surface area contributed by atoms with Crippen molar-refractivity contribution >= 4 is 28.2 Å². The normalized spacial score (nSPS) is 13.8. The molecule has 0 atom stereocenters. The van der Waals surface area contributed by atoms with Gasteiger partial charge in [-0.05, 0) is 25.1 Å². The molecule has 1 saturated heterocycles. The predicted molar refractivity (Wildman–Crippen MR) is 124 cm³/mol. The highest BCUT2D eigenvalue weighted by molar-refractivity contribution is 5.83. The molecule has 0 spiro atoms. The second-order valence-corrected chi connectivity index (χ2v) is 7.84. The van der Waals surface area contributed by atoms with E-state index in [1.54, 1.807) is 13.1 Å². The topological polar surface area (TPSA) is 100 Å². The number of hydrogen-bond acceptors (Lipinski definition) is 8. The summed E-state index contributed by atoms with van der Waals surface area (Å²) in [5.74, 6) is -0.799. The molecular formula is C23H23F2N7O2. The number of halogens is 2. The highest BCUT2D eigenvalue weighted by Crippen LogP contribution is 2.38. The van der Waals surface area contributed by atoms with Crippen LogP contribution in [0.1, 0.15) is 5.69 Å². The number of ether oxygens (including phenoxy) is 2. The summed E-state index contributed by atoms with van der Waals surface area (Å²) >= 11 is 0. The van der Waals surface area contributed by atoms with E-state index in [4.69, 9.17) is 9.47 Å². The van der Waals surface area contributed by atoms with E-state index in [2.05, 4.69) is 35.5 Å². The van der Waals surface area contributed by atoms with Gasteiger partial charge in [0, 0.05) is 43.3 Å². The largest absolute Gasteiger partial charge is 0.489 e. The molecule has 0 amide bonds. The van der Waals surface area contributed by atoms with Crippen LogP contribution in [0, 0.1) is 18.6 Å². The monoisotopic (exact) mass is 467 g/mol. The zero-order valence-electron chi connectivity index (χ0n) is 18.7. The van der Waals surface area contributed by atoms with E-state index in [1.165, 1.54) is 19.5 Å². The molecule has 0 aliphatic carbocycles. The number of rotatable bonds is 6. The smallest absolute Gasteiger partial charge is 0.268 e. The van der Waals surface area contributed by atoms with Crippen LogP contribution in [0.4, 0.5) is 26.1 Å². The Balaban J connectivity index is 1.40. The van der Waals surface area contributed by atoms with Gasteiger partial charge in [-0.15, -0.1) is 0 Å². The highest BCUT2D eigenvalue weighted by Gasteiger charge is 2.20. The number of anilines is 3. The van der Waals surface area contributed by atoms with Gasteiger partial charge in [0.05, 0.1) is 24.5 Å². The van der Waals surface area contributed by atoms with Crippen LogP contribution in [0.15, 0.2) is 36.8 Å². The van der Waals surface area contributed by atoms with Crippen LogP contribution < -0.4 is 25.0 Å². The lowest BCUT2D eigenvalue weighted by Crippen LogP contribution is -2.43.